The summed E-state index contributed by atoms with van der Waals surface area (Å²) < 4.78 is 10.2. The van der Waals surface area contributed by atoms with Crippen molar-refractivity contribution in [2.75, 3.05) is 12.4 Å². The highest BCUT2D eigenvalue weighted by atomic mass is 35.5. The Bertz CT molecular complexity index is 817. The number of hydrogen-bond donors (Lipinski definition) is 1. The summed E-state index contributed by atoms with van der Waals surface area (Å²) in [7, 11) is 1.26. The van der Waals surface area contributed by atoms with Gasteiger partial charge in [-0.1, -0.05) is 41.9 Å². The van der Waals surface area contributed by atoms with Crippen molar-refractivity contribution in [2.45, 2.75) is 6.10 Å². The molecule has 0 saturated heterocycles. The van der Waals surface area contributed by atoms with Gasteiger partial charge in [0, 0.05) is 10.7 Å². The van der Waals surface area contributed by atoms with Gasteiger partial charge in [-0.25, -0.2) is 9.59 Å². The van der Waals surface area contributed by atoms with E-state index in [1.54, 1.807) is 36.4 Å². The third-order valence-electron chi connectivity index (χ3n) is 3.56. The zero-order chi connectivity index (χ0) is 17.1. The average molecular weight is 344 g/mol. The second kappa shape index (κ2) is 6.76. The molecule has 1 aliphatic heterocycles. The van der Waals surface area contributed by atoms with Crippen molar-refractivity contribution in [3.8, 4) is 0 Å². The summed E-state index contributed by atoms with van der Waals surface area (Å²) in [6.45, 7) is 0. The zero-order valence-corrected chi connectivity index (χ0v) is 13.5. The first-order valence-corrected chi connectivity index (χ1v) is 7.59. The normalized spacial score (nSPS) is 16.8. The number of methoxy groups -OCH3 is 1. The highest BCUT2D eigenvalue weighted by Gasteiger charge is 2.40. The molecule has 0 radical (unpaired) electrons. The van der Waals surface area contributed by atoms with E-state index in [0.717, 1.165) is 0 Å². The van der Waals surface area contributed by atoms with Crippen LogP contribution in [0.15, 0.2) is 65.9 Å². The Labute approximate surface area is 143 Å². The van der Waals surface area contributed by atoms with E-state index in [2.05, 4.69) is 5.32 Å². The number of benzene rings is 2. The van der Waals surface area contributed by atoms with E-state index in [1.165, 1.54) is 7.11 Å². The van der Waals surface area contributed by atoms with Gasteiger partial charge >= 0.3 is 11.9 Å². The monoisotopic (exact) mass is 343 g/mol. The molecule has 3 rings (SSSR count). The van der Waals surface area contributed by atoms with E-state index in [0.29, 0.717) is 16.3 Å². The molecular formula is C18H14ClNO4. The SMILES string of the molecule is COC(=O)C1=C(Nc2ccccc2)C(=O)OC1c1cccc(Cl)c1. The highest BCUT2D eigenvalue weighted by Crippen LogP contribution is 2.37. The Morgan fingerprint density at radius 3 is 2.58 bits per heavy atom. The van der Waals surface area contributed by atoms with E-state index in [1.807, 2.05) is 18.2 Å². The van der Waals surface area contributed by atoms with Gasteiger partial charge in [0.1, 0.15) is 11.3 Å². The summed E-state index contributed by atoms with van der Waals surface area (Å²) in [5.41, 5.74) is 1.45. The number of para-hydroxylation sites is 1. The number of cyclic esters (lactones) is 1. The molecule has 5 nitrogen and oxygen atoms in total. The minimum atomic E-state index is -0.866. The van der Waals surface area contributed by atoms with Crippen molar-refractivity contribution in [2.24, 2.45) is 0 Å². The molecule has 6 heteroatoms. The van der Waals surface area contributed by atoms with Crippen molar-refractivity contribution in [3.63, 3.8) is 0 Å². The van der Waals surface area contributed by atoms with Gasteiger partial charge in [0.15, 0.2) is 6.10 Å². The maximum absolute atomic E-state index is 12.3. The molecule has 0 aliphatic carbocycles. The van der Waals surface area contributed by atoms with Gasteiger partial charge in [0.25, 0.3) is 0 Å². The number of halogens is 1. The predicted octanol–water partition coefficient (Wildman–Crippen LogP) is 3.48. The van der Waals surface area contributed by atoms with Crippen LogP contribution in [0.5, 0.6) is 0 Å². The first-order valence-electron chi connectivity index (χ1n) is 7.21. The molecule has 0 bridgehead atoms. The maximum Gasteiger partial charge on any atom is 0.356 e. The Kier molecular flexibility index (Phi) is 4.53. The van der Waals surface area contributed by atoms with E-state index in [9.17, 15) is 9.59 Å². The van der Waals surface area contributed by atoms with Crippen LogP contribution in [0.4, 0.5) is 5.69 Å². The van der Waals surface area contributed by atoms with Crippen LogP contribution in [-0.2, 0) is 19.1 Å². The van der Waals surface area contributed by atoms with E-state index < -0.39 is 18.0 Å². The largest absolute Gasteiger partial charge is 0.465 e. The number of nitrogens with one attached hydrogen (secondary N) is 1. The number of ether oxygens (including phenoxy) is 2. The lowest BCUT2D eigenvalue weighted by atomic mass is 10.0. The minimum absolute atomic E-state index is 0.0676. The van der Waals surface area contributed by atoms with Crippen LogP contribution in [0.1, 0.15) is 11.7 Å². The fraction of sp³-hybridized carbons (Fsp3) is 0.111. The molecule has 2 aromatic rings. The molecule has 0 spiro atoms. The molecule has 1 N–H and O–H groups in total. The van der Waals surface area contributed by atoms with E-state index in [-0.39, 0.29) is 11.3 Å². The smallest absolute Gasteiger partial charge is 0.356 e. The van der Waals surface area contributed by atoms with Gasteiger partial charge in [-0.05, 0) is 29.8 Å². The van der Waals surface area contributed by atoms with E-state index >= 15 is 0 Å². The second-order valence-electron chi connectivity index (χ2n) is 5.11. The average Bonchev–Trinajstić information content (AvgIpc) is 2.92. The molecule has 0 aromatic heterocycles. The Morgan fingerprint density at radius 2 is 1.92 bits per heavy atom. The van der Waals surface area contributed by atoms with Crippen molar-refractivity contribution < 1.29 is 19.1 Å². The molecule has 1 aliphatic rings. The topological polar surface area (TPSA) is 64.6 Å². The van der Waals surface area contributed by atoms with Crippen molar-refractivity contribution >= 4 is 29.2 Å². The molecular weight excluding hydrogens is 330 g/mol. The van der Waals surface area contributed by atoms with Crippen LogP contribution in [0.3, 0.4) is 0 Å². The van der Waals surface area contributed by atoms with Gasteiger partial charge in [-0.3, -0.25) is 0 Å². The third kappa shape index (κ3) is 3.12. The number of anilines is 1. The summed E-state index contributed by atoms with van der Waals surface area (Å²) in [6, 6.07) is 15.8. The highest BCUT2D eigenvalue weighted by molar-refractivity contribution is 6.30. The Morgan fingerprint density at radius 1 is 1.17 bits per heavy atom. The molecule has 0 saturated carbocycles. The van der Waals surface area contributed by atoms with Gasteiger partial charge in [0.05, 0.1) is 7.11 Å². The Balaban J connectivity index is 2.05. The van der Waals surface area contributed by atoms with Gasteiger partial charge < -0.3 is 14.8 Å². The molecule has 0 fully saturated rings. The summed E-state index contributed by atoms with van der Waals surface area (Å²) in [5.74, 6) is -1.26. The molecule has 1 heterocycles. The summed E-state index contributed by atoms with van der Waals surface area (Å²) in [6.07, 6.45) is -0.866. The number of carbonyl (C=O) groups excluding carboxylic acids is 2. The molecule has 1 atom stereocenters. The lowest BCUT2D eigenvalue weighted by Crippen LogP contribution is -2.14. The third-order valence-corrected chi connectivity index (χ3v) is 3.80. The van der Waals surface area contributed by atoms with Gasteiger partial charge in [0.2, 0.25) is 0 Å². The Hall–Kier alpha value is -2.79. The van der Waals surface area contributed by atoms with Crippen molar-refractivity contribution in [3.05, 3.63) is 76.5 Å². The van der Waals surface area contributed by atoms with Crippen molar-refractivity contribution in [1.29, 1.82) is 0 Å². The van der Waals surface area contributed by atoms with Crippen molar-refractivity contribution in [1.82, 2.24) is 0 Å². The molecule has 0 amide bonds. The van der Waals surface area contributed by atoms with Crippen LogP contribution in [0, 0.1) is 0 Å². The van der Waals surface area contributed by atoms with Crippen LogP contribution in [0.2, 0.25) is 5.02 Å². The fourth-order valence-corrected chi connectivity index (χ4v) is 2.67. The first-order chi connectivity index (χ1) is 11.6. The molecule has 2 aromatic carbocycles. The van der Waals surface area contributed by atoms with Crippen LogP contribution < -0.4 is 5.32 Å². The first kappa shape index (κ1) is 16.1. The standard InChI is InChI=1S/C18H14ClNO4/c1-23-17(21)14-15(20-13-8-3-2-4-9-13)18(22)24-16(14)11-6-5-7-12(19)10-11/h2-10,16,20H,1H3. The molecule has 24 heavy (non-hydrogen) atoms. The number of esters is 2. The summed E-state index contributed by atoms with van der Waals surface area (Å²) >= 11 is 6.00. The van der Waals surface area contributed by atoms with E-state index in [4.69, 9.17) is 21.1 Å². The zero-order valence-electron chi connectivity index (χ0n) is 12.8. The number of rotatable bonds is 4. The maximum atomic E-state index is 12.3. The molecule has 122 valence electrons. The summed E-state index contributed by atoms with van der Waals surface area (Å²) in [5, 5.41) is 3.43. The number of carbonyl (C=O) groups is 2. The van der Waals surface area contributed by atoms with Crippen LogP contribution in [0.25, 0.3) is 0 Å². The number of hydrogen-bond acceptors (Lipinski definition) is 5. The lowest BCUT2D eigenvalue weighted by molar-refractivity contribution is -0.141. The van der Waals surface area contributed by atoms with Crippen LogP contribution >= 0.6 is 11.6 Å². The van der Waals surface area contributed by atoms with Gasteiger partial charge in [-0.15, -0.1) is 0 Å². The molecule has 1 unspecified atom stereocenters. The lowest BCUT2D eigenvalue weighted by Gasteiger charge is -2.13. The fourth-order valence-electron chi connectivity index (χ4n) is 2.47. The van der Waals surface area contributed by atoms with Crippen LogP contribution in [-0.4, -0.2) is 19.0 Å². The minimum Gasteiger partial charge on any atom is -0.465 e. The second-order valence-corrected chi connectivity index (χ2v) is 5.55. The van der Waals surface area contributed by atoms with Gasteiger partial charge in [-0.2, -0.15) is 0 Å². The quantitative estimate of drug-likeness (QED) is 0.861. The summed E-state index contributed by atoms with van der Waals surface area (Å²) in [4.78, 5) is 24.5. The predicted molar refractivity (Wildman–Crippen MR) is 89.4 cm³/mol.